The molecule has 0 atom stereocenters. The molecular formula is C14H13BFNO3. The standard InChI is InChI=1S/C14H13BFNO3/c16-13-7-3-11(4-8-13)14(18)17-9-10-1-5-12(6-2-10)15(19)20/h1-8,19-20H,9H2,(H,17,18). The molecule has 102 valence electrons. The van der Waals surface area contributed by atoms with E-state index in [-0.39, 0.29) is 11.7 Å². The van der Waals surface area contributed by atoms with Crippen LogP contribution >= 0.6 is 0 Å². The number of rotatable bonds is 4. The van der Waals surface area contributed by atoms with Gasteiger partial charge in [-0.05, 0) is 35.3 Å². The minimum Gasteiger partial charge on any atom is -0.423 e. The van der Waals surface area contributed by atoms with E-state index < -0.39 is 7.12 Å². The molecule has 0 aliphatic carbocycles. The Morgan fingerprint density at radius 2 is 1.65 bits per heavy atom. The SMILES string of the molecule is O=C(NCc1ccc(B(O)O)cc1)c1ccc(F)cc1. The van der Waals surface area contributed by atoms with E-state index in [9.17, 15) is 9.18 Å². The topological polar surface area (TPSA) is 69.6 Å². The van der Waals surface area contributed by atoms with Gasteiger partial charge < -0.3 is 15.4 Å². The summed E-state index contributed by atoms with van der Waals surface area (Å²) >= 11 is 0. The molecule has 20 heavy (non-hydrogen) atoms. The number of nitrogens with one attached hydrogen (secondary N) is 1. The van der Waals surface area contributed by atoms with E-state index in [0.29, 0.717) is 17.6 Å². The van der Waals surface area contributed by atoms with Gasteiger partial charge >= 0.3 is 7.12 Å². The van der Waals surface area contributed by atoms with Crippen LogP contribution in [-0.2, 0) is 6.54 Å². The maximum atomic E-state index is 12.7. The van der Waals surface area contributed by atoms with Crippen LogP contribution in [0.15, 0.2) is 48.5 Å². The number of benzene rings is 2. The highest BCUT2D eigenvalue weighted by atomic mass is 19.1. The Bertz CT molecular complexity index is 584. The van der Waals surface area contributed by atoms with Crippen LogP contribution in [0.25, 0.3) is 0 Å². The second-order valence-electron chi connectivity index (χ2n) is 4.30. The van der Waals surface area contributed by atoms with Crippen molar-refractivity contribution in [1.82, 2.24) is 5.32 Å². The third kappa shape index (κ3) is 3.66. The highest BCUT2D eigenvalue weighted by Gasteiger charge is 2.10. The van der Waals surface area contributed by atoms with Crippen LogP contribution in [0.5, 0.6) is 0 Å². The molecule has 3 N–H and O–H groups in total. The Morgan fingerprint density at radius 1 is 1.05 bits per heavy atom. The second-order valence-corrected chi connectivity index (χ2v) is 4.30. The first-order valence-electron chi connectivity index (χ1n) is 6.05. The van der Waals surface area contributed by atoms with Crippen LogP contribution in [0.4, 0.5) is 4.39 Å². The van der Waals surface area contributed by atoms with E-state index in [1.54, 1.807) is 24.3 Å². The largest absolute Gasteiger partial charge is 0.488 e. The predicted molar refractivity (Wildman–Crippen MR) is 73.8 cm³/mol. The monoisotopic (exact) mass is 273 g/mol. The van der Waals surface area contributed by atoms with Gasteiger partial charge in [-0.2, -0.15) is 0 Å². The minimum absolute atomic E-state index is 0.295. The van der Waals surface area contributed by atoms with Crippen LogP contribution in [0.3, 0.4) is 0 Å². The van der Waals surface area contributed by atoms with Gasteiger partial charge in [0.2, 0.25) is 0 Å². The summed E-state index contributed by atoms with van der Waals surface area (Å²) in [4.78, 5) is 11.8. The summed E-state index contributed by atoms with van der Waals surface area (Å²) in [6.07, 6.45) is 0. The van der Waals surface area contributed by atoms with Crippen molar-refractivity contribution >= 4 is 18.5 Å². The Balaban J connectivity index is 1.94. The lowest BCUT2D eigenvalue weighted by Crippen LogP contribution is -2.29. The lowest BCUT2D eigenvalue weighted by Gasteiger charge is -2.06. The molecule has 0 radical (unpaired) electrons. The maximum Gasteiger partial charge on any atom is 0.488 e. The molecular weight excluding hydrogens is 260 g/mol. The summed E-state index contributed by atoms with van der Waals surface area (Å²) in [5, 5.41) is 20.6. The van der Waals surface area contributed by atoms with Gasteiger partial charge in [0.15, 0.2) is 0 Å². The average molecular weight is 273 g/mol. The molecule has 0 aliphatic heterocycles. The molecule has 0 heterocycles. The van der Waals surface area contributed by atoms with Crippen molar-refractivity contribution in [2.45, 2.75) is 6.54 Å². The van der Waals surface area contributed by atoms with Gasteiger partial charge in [0, 0.05) is 12.1 Å². The summed E-state index contributed by atoms with van der Waals surface area (Å²) in [6.45, 7) is 0.304. The highest BCUT2D eigenvalue weighted by Crippen LogP contribution is 2.03. The van der Waals surface area contributed by atoms with Crippen molar-refractivity contribution in [3.8, 4) is 0 Å². The Kier molecular flexibility index (Phi) is 4.50. The smallest absolute Gasteiger partial charge is 0.423 e. The van der Waals surface area contributed by atoms with Crippen LogP contribution in [0, 0.1) is 5.82 Å². The Hall–Kier alpha value is -2.18. The summed E-state index contributed by atoms with van der Waals surface area (Å²) in [6, 6.07) is 11.8. The normalized spacial score (nSPS) is 10.2. The average Bonchev–Trinajstić information content (AvgIpc) is 2.46. The lowest BCUT2D eigenvalue weighted by molar-refractivity contribution is 0.0951. The molecule has 2 rings (SSSR count). The fraction of sp³-hybridized carbons (Fsp3) is 0.0714. The van der Waals surface area contributed by atoms with Crippen LogP contribution in [0.2, 0.25) is 0 Å². The lowest BCUT2D eigenvalue weighted by atomic mass is 9.80. The molecule has 0 unspecified atom stereocenters. The Labute approximate surface area is 116 Å². The summed E-state index contributed by atoms with van der Waals surface area (Å²) < 4.78 is 12.7. The van der Waals surface area contributed by atoms with Crippen LogP contribution in [0.1, 0.15) is 15.9 Å². The predicted octanol–water partition coefficient (Wildman–Crippen LogP) is 0.435. The molecule has 0 saturated heterocycles. The molecule has 6 heteroatoms. The summed E-state index contributed by atoms with van der Waals surface area (Å²) in [7, 11) is -1.50. The van der Waals surface area contributed by atoms with Gasteiger partial charge in [-0.25, -0.2) is 4.39 Å². The molecule has 1 amide bonds. The first kappa shape index (κ1) is 14.2. The zero-order chi connectivity index (χ0) is 14.5. The maximum absolute atomic E-state index is 12.7. The van der Waals surface area contributed by atoms with E-state index in [4.69, 9.17) is 10.0 Å². The molecule has 2 aromatic carbocycles. The van der Waals surface area contributed by atoms with E-state index in [1.165, 1.54) is 24.3 Å². The van der Waals surface area contributed by atoms with Gasteiger partial charge in [-0.15, -0.1) is 0 Å². The van der Waals surface area contributed by atoms with Gasteiger partial charge in [0.1, 0.15) is 5.82 Å². The molecule has 0 bridgehead atoms. The van der Waals surface area contributed by atoms with Crippen molar-refractivity contribution in [3.05, 3.63) is 65.5 Å². The van der Waals surface area contributed by atoms with Gasteiger partial charge in [0.25, 0.3) is 5.91 Å². The van der Waals surface area contributed by atoms with E-state index >= 15 is 0 Å². The molecule has 0 saturated carbocycles. The Morgan fingerprint density at radius 3 is 2.20 bits per heavy atom. The quantitative estimate of drug-likeness (QED) is 0.708. The molecule has 4 nitrogen and oxygen atoms in total. The minimum atomic E-state index is -1.50. The van der Waals surface area contributed by atoms with Crippen molar-refractivity contribution in [3.63, 3.8) is 0 Å². The van der Waals surface area contributed by atoms with Crippen LogP contribution in [-0.4, -0.2) is 23.1 Å². The number of amides is 1. The molecule has 0 fully saturated rings. The molecule has 0 aromatic heterocycles. The molecule has 0 aliphatic rings. The fourth-order valence-electron chi connectivity index (χ4n) is 1.69. The third-order valence-corrected chi connectivity index (χ3v) is 2.84. The van der Waals surface area contributed by atoms with Crippen LogP contribution < -0.4 is 10.8 Å². The summed E-state index contributed by atoms with van der Waals surface area (Å²) in [5.41, 5.74) is 1.59. The van der Waals surface area contributed by atoms with E-state index in [2.05, 4.69) is 5.32 Å². The van der Waals surface area contributed by atoms with Crippen molar-refractivity contribution in [2.75, 3.05) is 0 Å². The summed E-state index contributed by atoms with van der Waals surface area (Å²) in [5.74, 6) is -0.684. The first-order valence-corrected chi connectivity index (χ1v) is 6.05. The molecule has 2 aromatic rings. The zero-order valence-electron chi connectivity index (χ0n) is 10.6. The van der Waals surface area contributed by atoms with E-state index in [0.717, 1.165) is 5.56 Å². The van der Waals surface area contributed by atoms with Gasteiger partial charge in [-0.3, -0.25) is 4.79 Å². The molecule has 0 spiro atoms. The van der Waals surface area contributed by atoms with Gasteiger partial charge in [-0.1, -0.05) is 24.3 Å². The van der Waals surface area contributed by atoms with E-state index in [1.807, 2.05) is 0 Å². The third-order valence-electron chi connectivity index (χ3n) is 2.84. The van der Waals surface area contributed by atoms with Crippen molar-refractivity contribution in [1.29, 1.82) is 0 Å². The van der Waals surface area contributed by atoms with Gasteiger partial charge in [0.05, 0.1) is 0 Å². The number of hydrogen-bond donors (Lipinski definition) is 3. The van der Waals surface area contributed by atoms with Crippen molar-refractivity contribution < 1.29 is 19.2 Å². The highest BCUT2D eigenvalue weighted by molar-refractivity contribution is 6.58. The first-order chi connectivity index (χ1) is 9.56. The number of hydrogen-bond acceptors (Lipinski definition) is 3. The fourth-order valence-corrected chi connectivity index (χ4v) is 1.69. The number of carbonyl (C=O) groups is 1. The van der Waals surface area contributed by atoms with Crippen molar-refractivity contribution in [2.24, 2.45) is 0 Å². The second kappa shape index (κ2) is 6.32. The number of carbonyl (C=O) groups excluding carboxylic acids is 1. The number of halogens is 1. The zero-order valence-corrected chi connectivity index (χ0v) is 10.6.